The van der Waals surface area contributed by atoms with Gasteiger partial charge in [0.15, 0.2) is 0 Å². The third kappa shape index (κ3) is 3.69. The molecule has 0 saturated heterocycles. The highest BCUT2D eigenvalue weighted by Gasteiger charge is 2.06. The summed E-state index contributed by atoms with van der Waals surface area (Å²) in [5.74, 6) is 1.03. The van der Waals surface area contributed by atoms with Crippen molar-refractivity contribution in [2.24, 2.45) is 0 Å². The molecule has 0 atom stereocenters. The number of benzene rings is 2. The molecule has 5 aromatic rings. The summed E-state index contributed by atoms with van der Waals surface area (Å²) in [5.41, 5.74) is 5.20. The summed E-state index contributed by atoms with van der Waals surface area (Å²) in [6.07, 6.45) is 4.37. The Balaban J connectivity index is 1.25. The van der Waals surface area contributed by atoms with E-state index < -0.39 is 0 Å². The highest BCUT2D eigenvalue weighted by molar-refractivity contribution is 5.85. The monoisotopic (exact) mass is 400 g/mol. The van der Waals surface area contributed by atoms with Gasteiger partial charge in [0.2, 0.25) is 5.95 Å². The van der Waals surface area contributed by atoms with E-state index in [4.69, 9.17) is 0 Å². The largest absolute Gasteiger partial charge is 0.361 e. The summed E-state index contributed by atoms with van der Waals surface area (Å²) >= 11 is 0. The molecule has 0 bridgehead atoms. The molecule has 30 heavy (non-hydrogen) atoms. The highest BCUT2D eigenvalue weighted by atomic mass is 19.1. The molecule has 3 heterocycles. The van der Waals surface area contributed by atoms with Gasteiger partial charge in [-0.25, -0.2) is 9.37 Å². The van der Waals surface area contributed by atoms with Crippen molar-refractivity contribution in [2.75, 3.05) is 17.2 Å². The van der Waals surface area contributed by atoms with Crippen LogP contribution in [0.5, 0.6) is 0 Å². The zero-order valence-corrected chi connectivity index (χ0v) is 16.5. The average Bonchev–Trinajstić information content (AvgIpc) is 3.30. The van der Waals surface area contributed by atoms with E-state index >= 15 is 0 Å². The topological polar surface area (TPSA) is 81.4 Å². The van der Waals surface area contributed by atoms with E-state index in [9.17, 15) is 4.39 Å². The fourth-order valence-electron chi connectivity index (χ4n) is 3.68. The zero-order valence-electron chi connectivity index (χ0n) is 16.5. The smallest absolute Gasteiger partial charge is 0.224 e. The van der Waals surface area contributed by atoms with Gasteiger partial charge in [0.1, 0.15) is 11.6 Å². The highest BCUT2D eigenvalue weighted by Crippen LogP contribution is 2.23. The maximum atomic E-state index is 13.5. The summed E-state index contributed by atoms with van der Waals surface area (Å²) < 4.78 is 13.5. The molecule has 0 fully saturated rings. The van der Waals surface area contributed by atoms with E-state index in [1.54, 1.807) is 18.3 Å². The van der Waals surface area contributed by atoms with Gasteiger partial charge < -0.3 is 20.6 Å². The number of fused-ring (bicyclic) bond motifs is 2. The molecule has 0 aliphatic heterocycles. The number of aromatic nitrogens is 4. The summed E-state index contributed by atoms with van der Waals surface area (Å²) in [5, 5.41) is 8.63. The molecule has 0 saturated carbocycles. The molecule has 0 spiro atoms. The number of anilines is 3. The van der Waals surface area contributed by atoms with Crippen LogP contribution in [0.15, 0.2) is 60.9 Å². The molecular formula is C23H21FN6. The molecule has 3 aromatic heterocycles. The van der Waals surface area contributed by atoms with Crippen LogP contribution in [0.2, 0.25) is 0 Å². The maximum absolute atomic E-state index is 13.5. The molecule has 0 radical (unpaired) electrons. The van der Waals surface area contributed by atoms with E-state index in [-0.39, 0.29) is 5.82 Å². The van der Waals surface area contributed by atoms with Crippen LogP contribution < -0.4 is 10.6 Å². The second-order valence-electron chi connectivity index (χ2n) is 7.33. The fourth-order valence-corrected chi connectivity index (χ4v) is 3.68. The molecule has 5 rings (SSSR count). The number of halogens is 1. The van der Waals surface area contributed by atoms with E-state index in [0.717, 1.165) is 45.2 Å². The van der Waals surface area contributed by atoms with Crippen LogP contribution >= 0.6 is 0 Å². The van der Waals surface area contributed by atoms with Crippen LogP contribution in [-0.2, 0) is 6.42 Å². The van der Waals surface area contributed by atoms with Crippen molar-refractivity contribution in [3.8, 4) is 0 Å². The SMILES string of the molecule is Cc1cc2cc(Nc3ccnc(NCCc4c[nH]c5ccc(F)cc45)n3)ccc2[nH]1. The summed E-state index contributed by atoms with van der Waals surface area (Å²) in [6, 6.07) is 14.9. The Bertz CT molecular complexity index is 1340. The Hall–Kier alpha value is -3.87. The predicted molar refractivity (Wildman–Crippen MR) is 119 cm³/mol. The molecular weight excluding hydrogens is 379 g/mol. The van der Waals surface area contributed by atoms with Crippen LogP contribution in [-0.4, -0.2) is 26.5 Å². The quantitative estimate of drug-likeness (QED) is 0.312. The zero-order chi connectivity index (χ0) is 20.5. The Morgan fingerprint density at radius 3 is 2.87 bits per heavy atom. The summed E-state index contributed by atoms with van der Waals surface area (Å²) in [7, 11) is 0. The van der Waals surface area contributed by atoms with Gasteiger partial charge >= 0.3 is 0 Å². The Kier molecular flexibility index (Phi) is 4.55. The molecule has 0 amide bonds. The van der Waals surface area contributed by atoms with E-state index in [1.807, 2.05) is 25.3 Å². The third-order valence-electron chi connectivity index (χ3n) is 5.09. The van der Waals surface area contributed by atoms with Crippen LogP contribution in [0.1, 0.15) is 11.3 Å². The molecule has 6 nitrogen and oxygen atoms in total. The first-order valence-electron chi connectivity index (χ1n) is 9.83. The van der Waals surface area contributed by atoms with Gasteiger partial charge in [0.25, 0.3) is 0 Å². The third-order valence-corrected chi connectivity index (χ3v) is 5.09. The first-order valence-corrected chi connectivity index (χ1v) is 9.83. The number of nitrogens with zero attached hydrogens (tertiary/aromatic N) is 2. The number of nitrogens with one attached hydrogen (secondary N) is 4. The van der Waals surface area contributed by atoms with Crippen LogP contribution in [0.25, 0.3) is 21.8 Å². The Morgan fingerprint density at radius 2 is 1.93 bits per heavy atom. The van der Waals surface area contributed by atoms with Crippen molar-refractivity contribution in [3.05, 3.63) is 78.0 Å². The minimum atomic E-state index is -0.230. The standard InChI is InChI=1S/C23H21FN6/c1-14-10-16-11-18(3-5-20(16)28-14)29-22-7-9-26-23(30-22)25-8-6-15-13-27-21-4-2-17(24)12-19(15)21/h2-5,7,9-13,27-28H,6,8H2,1H3,(H2,25,26,29,30). The van der Waals surface area contributed by atoms with E-state index in [0.29, 0.717) is 18.3 Å². The molecule has 0 unspecified atom stereocenters. The normalized spacial score (nSPS) is 11.3. The minimum Gasteiger partial charge on any atom is -0.361 e. The van der Waals surface area contributed by atoms with Gasteiger partial charge in [-0.2, -0.15) is 4.98 Å². The van der Waals surface area contributed by atoms with Crippen molar-refractivity contribution in [1.29, 1.82) is 0 Å². The molecule has 0 aliphatic rings. The number of aromatic amines is 2. The van der Waals surface area contributed by atoms with Crippen LogP contribution in [0.3, 0.4) is 0 Å². The number of H-pyrrole nitrogens is 2. The van der Waals surface area contributed by atoms with Gasteiger partial charge in [-0.15, -0.1) is 0 Å². The summed E-state index contributed by atoms with van der Waals surface area (Å²) in [4.78, 5) is 15.3. The van der Waals surface area contributed by atoms with Crippen molar-refractivity contribution < 1.29 is 4.39 Å². The Morgan fingerprint density at radius 1 is 1.03 bits per heavy atom. The molecule has 0 aliphatic carbocycles. The van der Waals surface area contributed by atoms with Crippen LogP contribution in [0, 0.1) is 12.7 Å². The number of aryl methyl sites for hydroxylation is 1. The number of hydrogen-bond donors (Lipinski definition) is 4. The number of hydrogen-bond acceptors (Lipinski definition) is 4. The van der Waals surface area contributed by atoms with E-state index in [1.165, 1.54) is 6.07 Å². The van der Waals surface area contributed by atoms with Crippen molar-refractivity contribution in [3.63, 3.8) is 0 Å². The van der Waals surface area contributed by atoms with Gasteiger partial charge in [0.05, 0.1) is 0 Å². The van der Waals surface area contributed by atoms with E-state index in [2.05, 4.69) is 48.8 Å². The lowest BCUT2D eigenvalue weighted by atomic mass is 10.1. The maximum Gasteiger partial charge on any atom is 0.224 e. The summed E-state index contributed by atoms with van der Waals surface area (Å²) in [6.45, 7) is 2.68. The van der Waals surface area contributed by atoms with Crippen LogP contribution in [0.4, 0.5) is 21.8 Å². The molecule has 2 aromatic carbocycles. The van der Waals surface area contributed by atoms with Crippen molar-refractivity contribution in [2.45, 2.75) is 13.3 Å². The first kappa shape index (κ1) is 18.2. The number of rotatable bonds is 6. The second kappa shape index (κ2) is 7.51. The molecule has 4 N–H and O–H groups in total. The van der Waals surface area contributed by atoms with Crippen molar-refractivity contribution >= 4 is 39.3 Å². The average molecular weight is 400 g/mol. The van der Waals surface area contributed by atoms with Crippen molar-refractivity contribution in [1.82, 2.24) is 19.9 Å². The van der Waals surface area contributed by atoms with Gasteiger partial charge in [-0.05, 0) is 67.4 Å². The fraction of sp³-hybridized carbons (Fsp3) is 0.130. The lowest BCUT2D eigenvalue weighted by molar-refractivity contribution is 0.629. The lowest BCUT2D eigenvalue weighted by Crippen LogP contribution is -2.08. The second-order valence-corrected chi connectivity index (χ2v) is 7.33. The first-order chi connectivity index (χ1) is 14.6. The van der Waals surface area contributed by atoms with Gasteiger partial charge in [0, 0.05) is 52.1 Å². The van der Waals surface area contributed by atoms with Gasteiger partial charge in [-0.3, -0.25) is 0 Å². The predicted octanol–water partition coefficient (Wildman–Crippen LogP) is 5.28. The Labute approximate surface area is 172 Å². The molecule has 7 heteroatoms. The van der Waals surface area contributed by atoms with Gasteiger partial charge in [-0.1, -0.05) is 0 Å². The minimum absolute atomic E-state index is 0.230. The lowest BCUT2D eigenvalue weighted by Gasteiger charge is -2.08. The molecule has 150 valence electrons.